The number of rotatable bonds is 4. The van der Waals surface area contributed by atoms with Crippen molar-refractivity contribution in [1.82, 2.24) is 10.6 Å². The molecule has 0 aromatic heterocycles. The smallest absolute Gasteiger partial charge is 0.245 e. The van der Waals surface area contributed by atoms with Crippen LogP contribution in [0.3, 0.4) is 0 Å². The van der Waals surface area contributed by atoms with Gasteiger partial charge in [-0.25, -0.2) is 0 Å². The number of alkyl halides is 1. The molecule has 0 radical (unpaired) electrons. The Hall–Kier alpha value is -3.28. The van der Waals surface area contributed by atoms with Crippen LogP contribution < -0.4 is 15.4 Å². The molecule has 1 aliphatic carbocycles. The molecule has 5 atom stereocenters. The zero-order valence-corrected chi connectivity index (χ0v) is 17.4. The first-order chi connectivity index (χ1) is 14.2. The molecular formula is C21H20ClN5O3. The Morgan fingerprint density at radius 2 is 1.80 bits per heavy atom. The number of carbonyl (C=O) groups excluding carboxylic acids is 2. The van der Waals surface area contributed by atoms with Crippen LogP contribution in [0.2, 0.25) is 0 Å². The van der Waals surface area contributed by atoms with Crippen LogP contribution in [0.25, 0.3) is 0 Å². The zero-order valence-electron chi connectivity index (χ0n) is 16.7. The van der Waals surface area contributed by atoms with E-state index in [1.54, 1.807) is 38.1 Å². The molecule has 8 nitrogen and oxygen atoms in total. The van der Waals surface area contributed by atoms with Gasteiger partial charge in [-0.15, -0.1) is 11.6 Å². The van der Waals surface area contributed by atoms with Gasteiger partial charge in [0.25, 0.3) is 0 Å². The van der Waals surface area contributed by atoms with Crippen molar-refractivity contribution in [1.29, 1.82) is 15.8 Å². The first-order valence-corrected chi connectivity index (χ1v) is 9.85. The summed E-state index contributed by atoms with van der Waals surface area (Å²) < 4.78 is 5.18. The van der Waals surface area contributed by atoms with E-state index in [1.165, 1.54) is 7.11 Å². The van der Waals surface area contributed by atoms with Gasteiger partial charge in [0, 0.05) is 17.8 Å². The maximum absolute atomic E-state index is 13.2. The minimum absolute atomic E-state index is 0.342. The highest BCUT2D eigenvalue weighted by molar-refractivity contribution is 6.27. The molecule has 0 spiro atoms. The minimum atomic E-state index is -1.99. The van der Waals surface area contributed by atoms with Crippen molar-refractivity contribution >= 4 is 23.4 Å². The number of nitrogens with one attached hydrogen (secondary N) is 2. The normalized spacial score (nSPS) is 33.4. The standard InChI is InChI=1S/C21H20ClN5O3/c1-12-17(14-4-6-15(30-3)7-5-14)19(9-23,10-24)20(11-25)13(2)21(12,27-18(20)29)26-16(28)8-22/h4-7,12-13,17H,8H2,1-3H3,(H,26,28)(H,27,29)/t12-,13+,17-,20+,21+/m0/s1. The van der Waals surface area contributed by atoms with Crippen molar-refractivity contribution in [3.63, 3.8) is 0 Å². The van der Waals surface area contributed by atoms with Gasteiger partial charge < -0.3 is 15.4 Å². The highest BCUT2D eigenvalue weighted by Gasteiger charge is 2.80. The van der Waals surface area contributed by atoms with Crippen molar-refractivity contribution in [2.75, 3.05) is 13.0 Å². The fraction of sp³-hybridized carbons (Fsp3) is 0.476. The summed E-state index contributed by atoms with van der Waals surface area (Å²) in [5, 5.41) is 36.1. The summed E-state index contributed by atoms with van der Waals surface area (Å²) >= 11 is 5.69. The molecule has 1 aliphatic heterocycles. The van der Waals surface area contributed by atoms with Gasteiger partial charge in [-0.3, -0.25) is 9.59 Å². The fourth-order valence-corrected chi connectivity index (χ4v) is 5.36. The number of amides is 2. The lowest BCUT2D eigenvalue weighted by Gasteiger charge is -2.54. The van der Waals surface area contributed by atoms with E-state index in [0.717, 1.165) is 0 Å². The van der Waals surface area contributed by atoms with Gasteiger partial charge in [-0.05, 0) is 17.7 Å². The molecule has 9 heteroatoms. The van der Waals surface area contributed by atoms with Gasteiger partial charge >= 0.3 is 0 Å². The van der Waals surface area contributed by atoms with Crippen LogP contribution in [-0.4, -0.2) is 30.5 Å². The van der Waals surface area contributed by atoms with Crippen molar-refractivity contribution in [2.45, 2.75) is 25.4 Å². The molecule has 1 heterocycles. The van der Waals surface area contributed by atoms with Crippen LogP contribution in [0.15, 0.2) is 24.3 Å². The number of carbonyl (C=O) groups is 2. The maximum atomic E-state index is 13.2. The van der Waals surface area contributed by atoms with Gasteiger partial charge in [-0.1, -0.05) is 26.0 Å². The molecule has 1 aromatic rings. The van der Waals surface area contributed by atoms with Crippen molar-refractivity contribution < 1.29 is 14.3 Å². The summed E-state index contributed by atoms with van der Waals surface area (Å²) in [6.45, 7) is 3.34. The Morgan fingerprint density at radius 1 is 1.20 bits per heavy atom. The molecule has 1 saturated heterocycles. The number of hydrogen-bond acceptors (Lipinski definition) is 6. The SMILES string of the molecule is COc1ccc([C@@H]2[C@H](C)[C@@]3(NC(=O)CCl)NC(=O)[C@@](C#N)([C@H]3C)C2(C#N)C#N)cc1. The minimum Gasteiger partial charge on any atom is -0.497 e. The first-order valence-electron chi connectivity index (χ1n) is 9.32. The summed E-state index contributed by atoms with van der Waals surface area (Å²) in [5.41, 5.74) is -4.74. The van der Waals surface area contributed by atoms with E-state index >= 15 is 0 Å². The monoisotopic (exact) mass is 425 g/mol. The maximum Gasteiger partial charge on any atom is 0.245 e. The number of hydrogen-bond donors (Lipinski definition) is 2. The van der Waals surface area contributed by atoms with E-state index in [9.17, 15) is 25.4 Å². The van der Waals surface area contributed by atoms with Crippen molar-refractivity contribution in [2.24, 2.45) is 22.7 Å². The van der Waals surface area contributed by atoms with E-state index in [1.807, 2.05) is 18.2 Å². The van der Waals surface area contributed by atoms with Gasteiger partial charge in [0.05, 0.1) is 25.3 Å². The van der Waals surface area contributed by atoms with E-state index in [2.05, 4.69) is 10.6 Å². The van der Waals surface area contributed by atoms with Gasteiger partial charge in [0.15, 0.2) is 10.8 Å². The number of halogens is 1. The third-order valence-corrected chi connectivity index (χ3v) is 7.03. The Bertz CT molecular complexity index is 1010. The van der Waals surface area contributed by atoms with Crippen LogP contribution in [0.1, 0.15) is 25.3 Å². The Kier molecular flexibility index (Phi) is 5.14. The average Bonchev–Trinajstić information content (AvgIpc) is 2.95. The van der Waals surface area contributed by atoms with Crippen LogP contribution in [-0.2, 0) is 9.59 Å². The molecule has 2 fully saturated rings. The van der Waals surface area contributed by atoms with Crippen molar-refractivity contribution in [3.05, 3.63) is 29.8 Å². The number of nitriles is 3. The molecule has 3 rings (SSSR count). The molecule has 1 saturated carbocycles. The first kappa shape index (κ1) is 21.4. The molecule has 2 N–H and O–H groups in total. The summed E-state index contributed by atoms with van der Waals surface area (Å²) in [4.78, 5) is 25.5. The van der Waals surface area contributed by atoms with Crippen LogP contribution in [0, 0.1) is 56.7 Å². The second-order valence-electron chi connectivity index (χ2n) is 7.72. The van der Waals surface area contributed by atoms with Crippen LogP contribution in [0.4, 0.5) is 0 Å². The van der Waals surface area contributed by atoms with Crippen LogP contribution in [0.5, 0.6) is 5.75 Å². The summed E-state index contributed by atoms with van der Waals surface area (Å²) in [5.74, 6) is -3.38. The summed E-state index contributed by atoms with van der Waals surface area (Å²) in [7, 11) is 1.51. The predicted molar refractivity (Wildman–Crippen MR) is 106 cm³/mol. The Morgan fingerprint density at radius 3 is 2.27 bits per heavy atom. The average molecular weight is 426 g/mol. The van der Waals surface area contributed by atoms with E-state index < -0.39 is 46.1 Å². The number of ether oxygens (including phenoxy) is 1. The molecule has 2 bridgehead atoms. The lowest BCUT2D eigenvalue weighted by Crippen LogP contribution is -2.69. The van der Waals surface area contributed by atoms with Gasteiger partial charge in [-0.2, -0.15) is 15.8 Å². The fourth-order valence-electron chi connectivity index (χ4n) is 5.29. The number of benzene rings is 1. The topological polar surface area (TPSA) is 139 Å². The molecule has 0 unspecified atom stereocenters. The molecule has 154 valence electrons. The Balaban J connectivity index is 2.34. The zero-order chi connectivity index (χ0) is 22.3. The third kappa shape index (κ3) is 2.36. The van der Waals surface area contributed by atoms with Crippen LogP contribution >= 0.6 is 11.6 Å². The highest BCUT2D eigenvalue weighted by atomic mass is 35.5. The third-order valence-electron chi connectivity index (χ3n) is 6.79. The summed E-state index contributed by atoms with van der Waals surface area (Å²) in [6, 6.07) is 12.8. The van der Waals surface area contributed by atoms with Crippen molar-refractivity contribution in [3.8, 4) is 24.0 Å². The molecule has 2 amide bonds. The lowest BCUT2D eigenvalue weighted by molar-refractivity contribution is -0.130. The van der Waals surface area contributed by atoms with E-state index in [-0.39, 0.29) is 5.88 Å². The Labute approximate surface area is 179 Å². The quantitative estimate of drug-likeness (QED) is 0.705. The lowest BCUT2D eigenvalue weighted by atomic mass is 9.44. The second-order valence-corrected chi connectivity index (χ2v) is 7.98. The number of nitrogens with zero attached hydrogens (tertiary/aromatic N) is 3. The predicted octanol–water partition coefficient (Wildman–Crippen LogP) is 1.79. The van der Waals surface area contributed by atoms with E-state index in [0.29, 0.717) is 11.3 Å². The van der Waals surface area contributed by atoms with E-state index in [4.69, 9.17) is 16.3 Å². The molecule has 30 heavy (non-hydrogen) atoms. The number of fused-ring (bicyclic) bond motifs is 2. The molecule has 2 aliphatic rings. The molecule has 1 aromatic carbocycles. The van der Waals surface area contributed by atoms with Gasteiger partial charge in [0.2, 0.25) is 11.8 Å². The highest BCUT2D eigenvalue weighted by Crippen LogP contribution is 2.66. The molecular weight excluding hydrogens is 406 g/mol. The summed E-state index contributed by atoms with van der Waals surface area (Å²) in [6.07, 6.45) is 0. The van der Waals surface area contributed by atoms with Gasteiger partial charge in [0.1, 0.15) is 17.3 Å². The number of methoxy groups -OCH3 is 1. The largest absolute Gasteiger partial charge is 0.497 e. The second kappa shape index (κ2) is 7.20.